The summed E-state index contributed by atoms with van der Waals surface area (Å²) in [5.41, 5.74) is 0.314. The molecule has 0 heterocycles. The predicted molar refractivity (Wildman–Crippen MR) is 58.8 cm³/mol. The van der Waals surface area contributed by atoms with Gasteiger partial charge in [-0.25, -0.2) is 0 Å². The van der Waals surface area contributed by atoms with Crippen LogP contribution in [0.4, 0.5) is 13.2 Å². The monoisotopic (exact) mass is 257 g/mol. The van der Waals surface area contributed by atoms with Crippen LogP contribution in [0.25, 0.3) is 0 Å². The van der Waals surface area contributed by atoms with Gasteiger partial charge in [0.2, 0.25) is 0 Å². The zero-order chi connectivity index (χ0) is 13.6. The fourth-order valence-electron chi connectivity index (χ4n) is 1.20. The number of aliphatic hydroxyl groups excluding tert-OH is 1. The van der Waals surface area contributed by atoms with Crippen LogP contribution in [-0.2, 0) is 0 Å². The molecule has 1 amide bonds. The molecular formula is C12H10F3NO2. The van der Waals surface area contributed by atoms with Gasteiger partial charge in [0.05, 0.1) is 5.56 Å². The molecule has 0 saturated carbocycles. The first-order valence-electron chi connectivity index (χ1n) is 4.98. The summed E-state index contributed by atoms with van der Waals surface area (Å²) in [5.74, 6) is 3.98. The molecule has 0 saturated heterocycles. The molecule has 0 bridgehead atoms. The molecule has 0 aliphatic heterocycles. The van der Waals surface area contributed by atoms with Crippen molar-refractivity contribution >= 4 is 5.91 Å². The van der Waals surface area contributed by atoms with Gasteiger partial charge in [-0.05, 0) is 12.1 Å². The molecule has 2 N–H and O–H groups in total. The number of hydrogen-bond donors (Lipinski definition) is 2. The third-order valence-corrected chi connectivity index (χ3v) is 1.92. The highest BCUT2D eigenvalue weighted by atomic mass is 19.4. The fraction of sp³-hybridized carbons (Fsp3) is 0.250. The molecule has 0 aliphatic carbocycles. The van der Waals surface area contributed by atoms with Gasteiger partial charge < -0.3 is 10.4 Å². The summed E-state index contributed by atoms with van der Waals surface area (Å²) in [6.07, 6.45) is -4.46. The Labute approximate surface area is 102 Å². The Balaban J connectivity index is 2.85. The quantitative estimate of drug-likeness (QED) is 0.785. The minimum atomic E-state index is -4.46. The highest BCUT2D eigenvalue weighted by molar-refractivity contribution is 5.96. The number of carbonyl (C=O) groups is 1. The summed E-state index contributed by atoms with van der Waals surface area (Å²) in [5, 5.41) is 10.3. The molecule has 0 aliphatic rings. The van der Waals surface area contributed by atoms with Crippen LogP contribution in [-0.4, -0.2) is 30.3 Å². The SMILES string of the molecule is O=C(NCC(F)(F)F)c1ccccc1C#CCO. The largest absolute Gasteiger partial charge is 0.405 e. The maximum atomic E-state index is 12.0. The Hall–Kier alpha value is -2.00. The molecule has 1 aromatic rings. The number of aliphatic hydroxyl groups is 1. The van der Waals surface area contributed by atoms with Crippen LogP contribution in [0.1, 0.15) is 15.9 Å². The highest BCUT2D eigenvalue weighted by Gasteiger charge is 2.28. The van der Waals surface area contributed by atoms with E-state index >= 15 is 0 Å². The van der Waals surface area contributed by atoms with Gasteiger partial charge in [0.25, 0.3) is 5.91 Å². The summed E-state index contributed by atoms with van der Waals surface area (Å²) in [7, 11) is 0. The smallest absolute Gasteiger partial charge is 0.384 e. The number of amides is 1. The van der Waals surface area contributed by atoms with Gasteiger partial charge in [-0.15, -0.1) is 0 Å². The first-order valence-corrected chi connectivity index (χ1v) is 4.98. The van der Waals surface area contributed by atoms with E-state index in [1.165, 1.54) is 18.2 Å². The van der Waals surface area contributed by atoms with Crippen molar-refractivity contribution in [2.45, 2.75) is 6.18 Å². The molecule has 0 aromatic heterocycles. The van der Waals surface area contributed by atoms with Gasteiger partial charge in [0.1, 0.15) is 13.2 Å². The topological polar surface area (TPSA) is 49.3 Å². The molecule has 0 radical (unpaired) electrons. The summed E-state index contributed by atoms with van der Waals surface area (Å²) in [4.78, 5) is 11.5. The molecule has 0 unspecified atom stereocenters. The van der Waals surface area contributed by atoms with E-state index in [1.807, 2.05) is 0 Å². The average molecular weight is 257 g/mol. The third-order valence-electron chi connectivity index (χ3n) is 1.92. The van der Waals surface area contributed by atoms with Crippen molar-refractivity contribution in [2.75, 3.05) is 13.2 Å². The number of alkyl halides is 3. The molecule has 3 nitrogen and oxygen atoms in total. The van der Waals surface area contributed by atoms with Crippen molar-refractivity contribution in [2.24, 2.45) is 0 Å². The highest BCUT2D eigenvalue weighted by Crippen LogP contribution is 2.13. The van der Waals surface area contributed by atoms with E-state index in [1.54, 1.807) is 11.4 Å². The van der Waals surface area contributed by atoms with E-state index in [-0.39, 0.29) is 11.1 Å². The van der Waals surface area contributed by atoms with Crippen molar-refractivity contribution in [1.29, 1.82) is 0 Å². The second-order valence-electron chi connectivity index (χ2n) is 3.30. The Bertz CT molecular complexity index is 486. The first kappa shape index (κ1) is 14.1. The number of carbonyl (C=O) groups excluding carboxylic acids is 1. The van der Waals surface area contributed by atoms with Crippen molar-refractivity contribution < 1.29 is 23.1 Å². The molecule has 18 heavy (non-hydrogen) atoms. The van der Waals surface area contributed by atoms with Crippen LogP contribution in [0.2, 0.25) is 0 Å². The van der Waals surface area contributed by atoms with E-state index in [0.717, 1.165) is 0 Å². The zero-order valence-electron chi connectivity index (χ0n) is 9.21. The van der Waals surface area contributed by atoms with Crippen molar-refractivity contribution in [3.8, 4) is 11.8 Å². The van der Waals surface area contributed by atoms with E-state index in [4.69, 9.17) is 5.11 Å². The normalized spacial score (nSPS) is 10.4. The zero-order valence-corrected chi connectivity index (χ0v) is 9.21. The van der Waals surface area contributed by atoms with Crippen LogP contribution in [0.5, 0.6) is 0 Å². The van der Waals surface area contributed by atoms with Gasteiger partial charge >= 0.3 is 6.18 Å². The van der Waals surface area contributed by atoms with E-state index in [2.05, 4.69) is 11.8 Å². The molecule has 0 spiro atoms. The summed E-state index contributed by atoms with van der Waals surface area (Å²) in [6, 6.07) is 5.98. The first-order chi connectivity index (χ1) is 8.44. The lowest BCUT2D eigenvalue weighted by atomic mass is 10.1. The molecule has 0 fully saturated rings. The van der Waals surface area contributed by atoms with Crippen molar-refractivity contribution in [1.82, 2.24) is 5.32 Å². The molecule has 6 heteroatoms. The Morgan fingerprint density at radius 1 is 1.33 bits per heavy atom. The van der Waals surface area contributed by atoms with Crippen molar-refractivity contribution in [3.05, 3.63) is 35.4 Å². The molecule has 96 valence electrons. The van der Waals surface area contributed by atoms with E-state index in [0.29, 0.717) is 0 Å². The lowest BCUT2D eigenvalue weighted by Crippen LogP contribution is -2.34. The standard InChI is InChI=1S/C12H10F3NO2/c13-12(14,15)8-16-11(18)10-6-2-1-4-9(10)5-3-7-17/h1-2,4,6,17H,7-8H2,(H,16,18). The maximum absolute atomic E-state index is 12.0. The summed E-state index contributed by atoms with van der Waals surface area (Å²) in [6.45, 7) is -1.79. The number of nitrogens with one attached hydrogen (secondary N) is 1. The lowest BCUT2D eigenvalue weighted by molar-refractivity contribution is -0.123. The van der Waals surface area contributed by atoms with Gasteiger partial charge in [-0.2, -0.15) is 13.2 Å². The van der Waals surface area contributed by atoms with Gasteiger partial charge in [-0.3, -0.25) is 4.79 Å². The number of rotatable bonds is 2. The number of halogens is 3. The van der Waals surface area contributed by atoms with Crippen LogP contribution in [0.15, 0.2) is 24.3 Å². The molecule has 1 aromatic carbocycles. The van der Waals surface area contributed by atoms with Crippen LogP contribution in [0, 0.1) is 11.8 Å². The summed E-state index contributed by atoms with van der Waals surface area (Å²) >= 11 is 0. The van der Waals surface area contributed by atoms with E-state index in [9.17, 15) is 18.0 Å². The van der Waals surface area contributed by atoms with Gasteiger partial charge in [0.15, 0.2) is 0 Å². The van der Waals surface area contributed by atoms with E-state index < -0.39 is 25.2 Å². The van der Waals surface area contributed by atoms with Gasteiger partial charge in [-0.1, -0.05) is 24.0 Å². The summed E-state index contributed by atoms with van der Waals surface area (Å²) < 4.78 is 35.9. The van der Waals surface area contributed by atoms with Crippen LogP contribution >= 0.6 is 0 Å². The number of benzene rings is 1. The second kappa shape index (κ2) is 6.07. The minimum absolute atomic E-state index is 0.0442. The minimum Gasteiger partial charge on any atom is -0.384 e. The average Bonchev–Trinajstić information content (AvgIpc) is 2.33. The van der Waals surface area contributed by atoms with Crippen molar-refractivity contribution in [3.63, 3.8) is 0 Å². The predicted octanol–water partition coefficient (Wildman–Crippen LogP) is 1.32. The maximum Gasteiger partial charge on any atom is 0.405 e. The Morgan fingerprint density at radius 2 is 2.00 bits per heavy atom. The molecule has 0 atom stereocenters. The van der Waals surface area contributed by atoms with Crippen LogP contribution < -0.4 is 5.32 Å². The Kier molecular flexibility index (Phi) is 4.75. The Morgan fingerprint density at radius 3 is 2.61 bits per heavy atom. The van der Waals surface area contributed by atoms with Gasteiger partial charge in [0, 0.05) is 5.56 Å². The fourth-order valence-corrected chi connectivity index (χ4v) is 1.20. The second-order valence-corrected chi connectivity index (χ2v) is 3.30. The van der Waals surface area contributed by atoms with Crippen LogP contribution in [0.3, 0.4) is 0 Å². The molecular weight excluding hydrogens is 247 g/mol. The lowest BCUT2D eigenvalue weighted by Gasteiger charge is -2.09. The number of hydrogen-bond acceptors (Lipinski definition) is 2. The third kappa shape index (κ3) is 4.47. The molecule has 1 rings (SSSR count).